The van der Waals surface area contributed by atoms with Gasteiger partial charge in [0, 0.05) is 24.9 Å². The number of aliphatic hydroxyl groups is 1. The molecule has 1 aromatic carbocycles. The lowest BCUT2D eigenvalue weighted by Crippen LogP contribution is -2.63. The van der Waals surface area contributed by atoms with Crippen molar-refractivity contribution in [1.29, 1.82) is 0 Å². The lowest BCUT2D eigenvalue weighted by atomic mass is 9.46. The van der Waals surface area contributed by atoms with Crippen LogP contribution >= 0.6 is 0 Å². The van der Waals surface area contributed by atoms with E-state index in [2.05, 4.69) is 19.2 Å². The summed E-state index contributed by atoms with van der Waals surface area (Å²) in [7, 11) is 1.64. The molecule has 0 radical (unpaired) electrons. The zero-order chi connectivity index (χ0) is 22.9. The van der Waals surface area contributed by atoms with Crippen molar-refractivity contribution in [2.45, 2.75) is 71.0 Å². The highest BCUT2D eigenvalue weighted by Gasteiger charge is 2.61. The maximum absolute atomic E-state index is 12.9. The SMILES string of the molecule is COc1ccc(CNC(=O)C[C@@H]2[C@H](O)CC[C@H]3[C@]4(C)CO[C@@H](CN)O[C@H]4CC[C@]32C)cc1. The van der Waals surface area contributed by atoms with E-state index in [0.29, 0.717) is 38.5 Å². The molecular weight excluding hydrogens is 408 g/mol. The summed E-state index contributed by atoms with van der Waals surface area (Å²) in [5.41, 5.74) is 6.53. The Balaban J connectivity index is 1.43. The van der Waals surface area contributed by atoms with Gasteiger partial charge in [-0.25, -0.2) is 0 Å². The molecule has 1 aromatic rings. The summed E-state index contributed by atoms with van der Waals surface area (Å²) in [6, 6.07) is 7.68. The highest BCUT2D eigenvalue weighted by molar-refractivity contribution is 5.76. The molecule has 7 atom stereocenters. The van der Waals surface area contributed by atoms with Crippen LogP contribution in [0.5, 0.6) is 5.75 Å². The van der Waals surface area contributed by atoms with E-state index in [0.717, 1.165) is 30.6 Å². The van der Waals surface area contributed by atoms with Crippen LogP contribution in [0.15, 0.2) is 24.3 Å². The standard InChI is InChI=1S/C25H38N2O5/c1-24-11-10-21-25(2,15-31-23(13-26)32-21)20(24)9-8-19(28)18(24)12-22(29)27-14-16-4-6-17(30-3)7-5-16/h4-7,18-21,23,28H,8-15,26H2,1-3H3,(H,27,29)/t18-,19-,20-,21+,23-,24+,25+/m1/s1. The number of nitrogens with two attached hydrogens (primary N) is 1. The van der Waals surface area contributed by atoms with E-state index in [1.54, 1.807) is 7.11 Å². The minimum Gasteiger partial charge on any atom is -0.497 e. The van der Waals surface area contributed by atoms with Crippen molar-refractivity contribution in [1.82, 2.24) is 5.32 Å². The topological polar surface area (TPSA) is 103 Å². The average Bonchev–Trinajstić information content (AvgIpc) is 2.80. The third-order valence-electron chi connectivity index (χ3n) is 8.48. The Morgan fingerprint density at radius 3 is 2.66 bits per heavy atom. The van der Waals surface area contributed by atoms with Crippen LogP contribution in [-0.4, -0.2) is 49.8 Å². The zero-order valence-electron chi connectivity index (χ0n) is 19.5. The first-order valence-electron chi connectivity index (χ1n) is 11.8. The van der Waals surface area contributed by atoms with E-state index < -0.39 is 6.10 Å². The molecule has 0 spiro atoms. The molecule has 2 saturated carbocycles. The van der Waals surface area contributed by atoms with Gasteiger partial charge in [-0.05, 0) is 60.6 Å². The predicted molar refractivity (Wildman–Crippen MR) is 121 cm³/mol. The highest BCUT2D eigenvalue weighted by atomic mass is 16.7. The second kappa shape index (κ2) is 9.29. The summed E-state index contributed by atoms with van der Waals surface area (Å²) in [5, 5.41) is 14.0. The largest absolute Gasteiger partial charge is 0.497 e. The van der Waals surface area contributed by atoms with Crippen LogP contribution in [0.2, 0.25) is 0 Å². The van der Waals surface area contributed by atoms with Gasteiger partial charge in [-0.2, -0.15) is 0 Å². The van der Waals surface area contributed by atoms with E-state index in [4.69, 9.17) is 19.9 Å². The normalized spacial score (nSPS) is 39.0. The minimum absolute atomic E-state index is 0.0154. The number of benzene rings is 1. The number of aliphatic hydroxyl groups excluding tert-OH is 1. The smallest absolute Gasteiger partial charge is 0.220 e. The number of hydrogen-bond donors (Lipinski definition) is 3. The second-order valence-corrected chi connectivity index (χ2v) is 10.3. The maximum Gasteiger partial charge on any atom is 0.220 e. The number of ether oxygens (including phenoxy) is 3. The van der Waals surface area contributed by atoms with E-state index in [-0.39, 0.29) is 35.0 Å². The molecule has 7 heteroatoms. The molecule has 0 aromatic heterocycles. The predicted octanol–water partition coefficient (Wildman–Crippen LogP) is 2.60. The Morgan fingerprint density at radius 1 is 1.22 bits per heavy atom. The number of rotatable bonds is 6. The first kappa shape index (κ1) is 23.5. The van der Waals surface area contributed by atoms with Crippen molar-refractivity contribution in [3.8, 4) is 5.75 Å². The van der Waals surface area contributed by atoms with Crippen LogP contribution in [-0.2, 0) is 20.8 Å². The van der Waals surface area contributed by atoms with Crippen LogP contribution in [0.3, 0.4) is 0 Å². The van der Waals surface area contributed by atoms with Crippen LogP contribution in [0, 0.1) is 22.7 Å². The maximum atomic E-state index is 12.9. The number of carbonyl (C=O) groups is 1. The Bertz CT molecular complexity index is 802. The van der Waals surface area contributed by atoms with Crippen LogP contribution in [0.4, 0.5) is 0 Å². The number of carbonyl (C=O) groups excluding carboxylic acids is 1. The number of hydrogen-bond acceptors (Lipinski definition) is 6. The molecule has 178 valence electrons. The summed E-state index contributed by atoms with van der Waals surface area (Å²) in [6.07, 6.45) is 3.12. The number of methoxy groups -OCH3 is 1. The fraction of sp³-hybridized carbons (Fsp3) is 0.720. The molecule has 4 N–H and O–H groups in total. The summed E-state index contributed by atoms with van der Waals surface area (Å²) >= 11 is 0. The third-order valence-corrected chi connectivity index (χ3v) is 8.48. The van der Waals surface area contributed by atoms with Gasteiger partial charge in [-0.15, -0.1) is 0 Å². The first-order valence-corrected chi connectivity index (χ1v) is 11.8. The van der Waals surface area contributed by atoms with Crippen molar-refractivity contribution in [3.05, 3.63) is 29.8 Å². The highest BCUT2D eigenvalue weighted by Crippen LogP contribution is 2.62. The summed E-state index contributed by atoms with van der Waals surface area (Å²) < 4.78 is 17.3. The fourth-order valence-corrected chi connectivity index (χ4v) is 6.63. The van der Waals surface area contributed by atoms with Crippen molar-refractivity contribution in [3.63, 3.8) is 0 Å². The molecule has 7 nitrogen and oxygen atoms in total. The molecule has 2 aliphatic carbocycles. The molecule has 0 bridgehead atoms. The van der Waals surface area contributed by atoms with Crippen molar-refractivity contribution in [2.75, 3.05) is 20.3 Å². The fourth-order valence-electron chi connectivity index (χ4n) is 6.63. The van der Waals surface area contributed by atoms with Gasteiger partial charge in [0.05, 0.1) is 25.9 Å². The Hall–Kier alpha value is -1.67. The van der Waals surface area contributed by atoms with Gasteiger partial charge < -0.3 is 30.4 Å². The summed E-state index contributed by atoms with van der Waals surface area (Å²) in [6.45, 7) is 5.97. The average molecular weight is 447 g/mol. The zero-order valence-corrected chi connectivity index (χ0v) is 19.5. The lowest BCUT2D eigenvalue weighted by molar-refractivity contribution is -0.305. The van der Waals surface area contributed by atoms with Gasteiger partial charge in [-0.3, -0.25) is 4.79 Å². The van der Waals surface area contributed by atoms with Crippen molar-refractivity contribution in [2.24, 2.45) is 28.4 Å². The van der Waals surface area contributed by atoms with Gasteiger partial charge in [0.2, 0.25) is 5.91 Å². The molecule has 0 unspecified atom stereocenters. The molecule has 32 heavy (non-hydrogen) atoms. The Morgan fingerprint density at radius 2 is 1.97 bits per heavy atom. The number of fused-ring (bicyclic) bond motifs is 3. The van der Waals surface area contributed by atoms with Gasteiger partial charge in [-0.1, -0.05) is 26.0 Å². The van der Waals surface area contributed by atoms with Crippen molar-refractivity contribution < 1.29 is 24.1 Å². The van der Waals surface area contributed by atoms with E-state index >= 15 is 0 Å². The van der Waals surface area contributed by atoms with Crippen LogP contribution < -0.4 is 15.8 Å². The molecule has 3 fully saturated rings. The Kier molecular flexibility index (Phi) is 6.82. The number of amides is 1. The molecule has 4 rings (SSSR count). The van der Waals surface area contributed by atoms with Gasteiger partial charge in [0.25, 0.3) is 0 Å². The van der Waals surface area contributed by atoms with Gasteiger partial charge in [0.1, 0.15) is 5.75 Å². The summed E-state index contributed by atoms with van der Waals surface area (Å²) in [5.74, 6) is 1.03. The lowest BCUT2D eigenvalue weighted by Gasteiger charge is -2.62. The van der Waals surface area contributed by atoms with E-state index in [1.807, 2.05) is 24.3 Å². The van der Waals surface area contributed by atoms with Gasteiger partial charge >= 0.3 is 0 Å². The first-order chi connectivity index (χ1) is 15.3. The molecule has 1 heterocycles. The van der Waals surface area contributed by atoms with E-state index in [1.165, 1.54) is 0 Å². The molecule has 3 aliphatic rings. The second-order valence-electron chi connectivity index (χ2n) is 10.3. The third kappa shape index (κ3) is 4.28. The van der Waals surface area contributed by atoms with Crippen LogP contribution in [0.1, 0.15) is 51.5 Å². The summed E-state index contributed by atoms with van der Waals surface area (Å²) in [4.78, 5) is 12.9. The minimum atomic E-state index is -0.467. The molecule has 1 saturated heterocycles. The molecule has 1 aliphatic heterocycles. The quantitative estimate of drug-likeness (QED) is 0.621. The van der Waals surface area contributed by atoms with Crippen molar-refractivity contribution >= 4 is 5.91 Å². The van der Waals surface area contributed by atoms with E-state index in [9.17, 15) is 9.90 Å². The Labute approximate surface area is 191 Å². The molecule has 1 amide bonds. The molecular formula is C25H38N2O5. The van der Waals surface area contributed by atoms with Gasteiger partial charge in [0.15, 0.2) is 6.29 Å². The monoisotopic (exact) mass is 446 g/mol. The van der Waals surface area contributed by atoms with Crippen LogP contribution in [0.25, 0.3) is 0 Å². The number of nitrogens with one attached hydrogen (secondary N) is 1.